The zero-order valence-corrected chi connectivity index (χ0v) is 12.0. The van der Waals surface area contributed by atoms with Gasteiger partial charge in [-0.3, -0.25) is 4.79 Å². The van der Waals surface area contributed by atoms with Crippen LogP contribution in [0.5, 0.6) is 0 Å². The Hall–Kier alpha value is -1.30. The standard InChI is InChI=1S/C13H18F2N2OS/c1-9(2)17(3)12(18)8-16-10-6-4-5-7-11(10)19-13(14)15/h4-7,9,13,16H,8H2,1-3H3. The first-order valence-electron chi connectivity index (χ1n) is 5.95. The van der Waals surface area contributed by atoms with Gasteiger partial charge in [0.2, 0.25) is 5.91 Å². The number of hydrogen-bond donors (Lipinski definition) is 1. The summed E-state index contributed by atoms with van der Waals surface area (Å²) in [6, 6.07) is 6.84. The summed E-state index contributed by atoms with van der Waals surface area (Å²) in [5, 5.41) is 2.91. The van der Waals surface area contributed by atoms with Crippen molar-refractivity contribution in [1.29, 1.82) is 0 Å². The Labute approximate surface area is 116 Å². The van der Waals surface area contributed by atoms with Crippen LogP contribution in [0.25, 0.3) is 0 Å². The van der Waals surface area contributed by atoms with E-state index in [-0.39, 0.29) is 18.5 Å². The smallest absolute Gasteiger partial charge is 0.288 e. The van der Waals surface area contributed by atoms with Crippen molar-refractivity contribution in [2.45, 2.75) is 30.5 Å². The molecule has 1 aromatic carbocycles. The van der Waals surface area contributed by atoms with Crippen LogP contribution in [0, 0.1) is 0 Å². The first kappa shape index (κ1) is 15.8. The lowest BCUT2D eigenvalue weighted by Crippen LogP contribution is -2.37. The molecule has 0 heterocycles. The van der Waals surface area contributed by atoms with Gasteiger partial charge in [0.15, 0.2) is 0 Å². The Morgan fingerprint density at radius 2 is 2.00 bits per heavy atom. The van der Waals surface area contributed by atoms with Crippen molar-refractivity contribution >= 4 is 23.4 Å². The zero-order valence-electron chi connectivity index (χ0n) is 11.2. The Kier molecular flexibility index (Phi) is 6.08. The summed E-state index contributed by atoms with van der Waals surface area (Å²) >= 11 is 0.471. The van der Waals surface area contributed by atoms with Crippen LogP contribution in [-0.4, -0.2) is 36.2 Å². The number of carbonyl (C=O) groups is 1. The second-order valence-electron chi connectivity index (χ2n) is 4.33. The van der Waals surface area contributed by atoms with E-state index in [9.17, 15) is 13.6 Å². The molecule has 0 radical (unpaired) electrons. The summed E-state index contributed by atoms with van der Waals surface area (Å²) in [4.78, 5) is 13.8. The number of likely N-dealkylation sites (N-methyl/N-ethyl adjacent to an activating group) is 1. The van der Waals surface area contributed by atoms with Gasteiger partial charge in [-0.05, 0) is 26.0 Å². The van der Waals surface area contributed by atoms with E-state index in [0.29, 0.717) is 22.3 Å². The molecule has 1 amide bonds. The fraction of sp³-hybridized carbons (Fsp3) is 0.462. The third-order valence-electron chi connectivity index (χ3n) is 2.70. The van der Waals surface area contributed by atoms with Gasteiger partial charge in [-0.1, -0.05) is 23.9 Å². The van der Waals surface area contributed by atoms with E-state index in [1.807, 2.05) is 13.8 Å². The van der Waals surface area contributed by atoms with Crippen molar-refractivity contribution in [2.75, 3.05) is 18.9 Å². The van der Waals surface area contributed by atoms with Crippen molar-refractivity contribution in [3.8, 4) is 0 Å². The molecule has 0 aliphatic carbocycles. The molecule has 3 nitrogen and oxygen atoms in total. The first-order chi connectivity index (χ1) is 8.91. The number of para-hydroxylation sites is 1. The number of amides is 1. The maximum absolute atomic E-state index is 12.4. The van der Waals surface area contributed by atoms with E-state index in [1.165, 1.54) is 0 Å². The molecule has 1 N–H and O–H groups in total. The second-order valence-corrected chi connectivity index (χ2v) is 5.36. The normalized spacial score (nSPS) is 10.9. The van der Waals surface area contributed by atoms with Crippen LogP contribution in [-0.2, 0) is 4.79 Å². The SMILES string of the molecule is CC(C)N(C)C(=O)CNc1ccccc1SC(F)F. The van der Waals surface area contributed by atoms with E-state index in [0.717, 1.165) is 0 Å². The van der Waals surface area contributed by atoms with Crippen LogP contribution in [0.1, 0.15) is 13.8 Å². The minimum Gasteiger partial charge on any atom is -0.375 e. The summed E-state index contributed by atoms with van der Waals surface area (Å²) in [6.45, 7) is 3.92. The second kappa shape index (κ2) is 7.33. The molecule has 6 heteroatoms. The number of halogens is 2. The van der Waals surface area contributed by atoms with Crippen LogP contribution in [0.4, 0.5) is 14.5 Å². The van der Waals surface area contributed by atoms with E-state index < -0.39 is 5.76 Å². The van der Waals surface area contributed by atoms with Gasteiger partial charge in [0.05, 0.1) is 6.54 Å². The van der Waals surface area contributed by atoms with Crippen LogP contribution in [0.2, 0.25) is 0 Å². The summed E-state index contributed by atoms with van der Waals surface area (Å²) in [6.07, 6.45) is 0. The van der Waals surface area contributed by atoms with E-state index in [1.54, 1.807) is 36.2 Å². The van der Waals surface area contributed by atoms with E-state index >= 15 is 0 Å². The van der Waals surface area contributed by atoms with Gasteiger partial charge in [-0.25, -0.2) is 0 Å². The molecule has 0 unspecified atom stereocenters. The number of benzene rings is 1. The Morgan fingerprint density at radius 3 is 2.58 bits per heavy atom. The van der Waals surface area contributed by atoms with Crippen LogP contribution < -0.4 is 5.32 Å². The highest BCUT2D eigenvalue weighted by Gasteiger charge is 2.13. The maximum atomic E-state index is 12.4. The van der Waals surface area contributed by atoms with Gasteiger partial charge < -0.3 is 10.2 Å². The highest BCUT2D eigenvalue weighted by atomic mass is 32.2. The minimum absolute atomic E-state index is 0.0770. The molecule has 0 aromatic heterocycles. The summed E-state index contributed by atoms with van der Waals surface area (Å²) in [5.41, 5.74) is 0.554. The molecule has 0 aliphatic rings. The Bertz CT molecular complexity index is 427. The molecule has 0 fully saturated rings. The van der Waals surface area contributed by atoms with E-state index in [4.69, 9.17) is 0 Å². The molecule has 0 saturated heterocycles. The van der Waals surface area contributed by atoms with Crippen molar-refractivity contribution in [3.63, 3.8) is 0 Å². The average molecular weight is 288 g/mol. The number of nitrogens with zero attached hydrogens (tertiary/aromatic N) is 1. The van der Waals surface area contributed by atoms with Crippen LogP contribution in [0.3, 0.4) is 0 Å². The fourth-order valence-corrected chi connectivity index (χ4v) is 2.01. The number of carbonyl (C=O) groups excluding carboxylic acids is 1. The number of anilines is 1. The van der Waals surface area contributed by atoms with Crippen molar-refractivity contribution in [3.05, 3.63) is 24.3 Å². The topological polar surface area (TPSA) is 32.3 Å². The number of thioether (sulfide) groups is 1. The van der Waals surface area contributed by atoms with Gasteiger partial charge in [0, 0.05) is 23.7 Å². The van der Waals surface area contributed by atoms with Crippen LogP contribution >= 0.6 is 11.8 Å². The predicted octanol–water partition coefficient (Wildman–Crippen LogP) is 3.28. The number of rotatable bonds is 6. The molecule has 0 spiro atoms. The van der Waals surface area contributed by atoms with Crippen molar-refractivity contribution < 1.29 is 13.6 Å². The van der Waals surface area contributed by atoms with E-state index in [2.05, 4.69) is 5.32 Å². The third-order valence-corrected chi connectivity index (χ3v) is 3.49. The quantitative estimate of drug-likeness (QED) is 0.815. The summed E-state index contributed by atoms with van der Waals surface area (Å²) in [5.74, 6) is -2.55. The Morgan fingerprint density at radius 1 is 1.37 bits per heavy atom. The monoisotopic (exact) mass is 288 g/mol. The minimum atomic E-state index is -2.48. The molecule has 19 heavy (non-hydrogen) atoms. The number of hydrogen-bond acceptors (Lipinski definition) is 3. The van der Waals surface area contributed by atoms with Gasteiger partial charge in [-0.15, -0.1) is 0 Å². The lowest BCUT2D eigenvalue weighted by Gasteiger charge is -2.22. The molecule has 106 valence electrons. The van der Waals surface area contributed by atoms with Crippen molar-refractivity contribution in [2.24, 2.45) is 0 Å². The maximum Gasteiger partial charge on any atom is 0.288 e. The average Bonchev–Trinajstić information content (AvgIpc) is 2.35. The van der Waals surface area contributed by atoms with Gasteiger partial charge >= 0.3 is 0 Å². The molecule has 1 rings (SSSR count). The zero-order chi connectivity index (χ0) is 14.4. The largest absolute Gasteiger partial charge is 0.375 e. The van der Waals surface area contributed by atoms with Gasteiger partial charge in [0.25, 0.3) is 5.76 Å². The van der Waals surface area contributed by atoms with Crippen LogP contribution in [0.15, 0.2) is 29.2 Å². The molecule has 0 bridgehead atoms. The highest BCUT2D eigenvalue weighted by Crippen LogP contribution is 2.31. The molecule has 0 aliphatic heterocycles. The Balaban J connectivity index is 2.65. The molecular formula is C13H18F2N2OS. The molecular weight excluding hydrogens is 270 g/mol. The molecule has 0 atom stereocenters. The number of nitrogens with one attached hydrogen (secondary N) is 1. The van der Waals surface area contributed by atoms with Gasteiger partial charge in [0.1, 0.15) is 0 Å². The van der Waals surface area contributed by atoms with Gasteiger partial charge in [-0.2, -0.15) is 8.78 Å². The predicted molar refractivity (Wildman–Crippen MR) is 74.7 cm³/mol. The fourth-order valence-electron chi connectivity index (χ4n) is 1.39. The lowest BCUT2D eigenvalue weighted by atomic mass is 10.3. The van der Waals surface area contributed by atoms with Crippen molar-refractivity contribution in [1.82, 2.24) is 4.90 Å². The molecule has 1 aromatic rings. The summed E-state index contributed by atoms with van der Waals surface area (Å²) < 4.78 is 24.8. The lowest BCUT2D eigenvalue weighted by molar-refractivity contribution is -0.129. The molecule has 0 saturated carbocycles. The third kappa shape index (κ3) is 5.06. The highest BCUT2D eigenvalue weighted by molar-refractivity contribution is 7.99. The summed E-state index contributed by atoms with van der Waals surface area (Å²) in [7, 11) is 1.72. The first-order valence-corrected chi connectivity index (χ1v) is 6.83. The number of alkyl halides is 2.